The molecule has 5 rings (SSSR count). The molecule has 0 saturated carbocycles. The van der Waals surface area contributed by atoms with E-state index in [9.17, 15) is 26.7 Å². The van der Waals surface area contributed by atoms with Crippen LogP contribution in [0.3, 0.4) is 0 Å². The Kier molecular flexibility index (Phi) is 5.49. The third-order valence-corrected chi connectivity index (χ3v) is 7.61. The smallest absolute Gasteiger partial charge is 0.341 e. The molecule has 1 amide bonds. The molecule has 184 valence electrons. The molecule has 1 N–H and O–H groups in total. The summed E-state index contributed by atoms with van der Waals surface area (Å²) in [5.74, 6) is -0.386. The van der Waals surface area contributed by atoms with E-state index < -0.39 is 22.8 Å². The Morgan fingerprint density at radius 3 is 2.57 bits per heavy atom. The minimum Gasteiger partial charge on any atom is -0.341 e. The van der Waals surface area contributed by atoms with Gasteiger partial charge in [-0.05, 0) is 67.0 Å². The Morgan fingerprint density at radius 2 is 1.91 bits per heavy atom. The molecule has 1 aromatic heterocycles. The number of imidazole rings is 1. The monoisotopic (exact) mass is 489 g/mol. The van der Waals surface area contributed by atoms with Gasteiger partial charge in [0, 0.05) is 30.4 Å². The van der Waals surface area contributed by atoms with Crippen molar-refractivity contribution in [3.8, 4) is 0 Å². The molecule has 1 saturated heterocycles. The van der Waals surface area contributed by atoms with Gasteiger partial charge in [0.05, 0.1) is 0 Å². The predicted octanol–water partition coefficient (Wildman–Crippen LogP) is 5.64. The predicted molar refractivity (Wildman–Crippen MR) is 119 cm³/mol. The average Bonchev–Trinajstić information content (AvgIpc) is 3.48. The van der Waals surface area contributed by atoms with Gasteiger partial charge in [0.25, 0.3) is 5.91 Å². The van der Waals surface area contributed by atoms with Crippen molar-refractivity contribution in [1.29, 1.82) is 0 Å². The SMILES string of the molecule is CC(F)(c1ccc2c(c1)CC[C@H]1N(C(=O)c3ncc[nH]3)CC[C@@]21Cc1ccc(F)cc1)C(F)(F)F. The lowest BCUT2D eigenvalue weighted by atomic mass is 9.63. The summed E-state index contributed by atoms with van der Waals surface area (Å²) in [7, 11) is 0. The van der Waals surface area contributed by atoms with Gasteiger partial charge in [-0.1, -0.05) is 30.3 Å². The molecule has 3 aromatic rings. The van der Waals surface area contributed by atoms with Crippen molar-refractivity contribution in [3.05, 3.63) is 88.8 Å². The molecule has 0 spiro atoms. The molecule has 1 aliphatic carbocycles. The van der Waals surface area contributed by atoms with Crippen LogP contribution in [0.15, 0.2) is 54.9 Å². The van der Waals surface area contributed by atoms with E-state index in [1.165, 1.54) is 30.5 Å². The van der Waals surface area contributed by atoms with Crippen LogP contribution in [0.1, 0.15) is 52.6 Å². The van der Waals surface area contributed by atoms with E-state index in [2.05, 4.69) is 9.97 Å². The molecule has 2 aliphatic rings. The molecule has 1 fully saturated rings. The van der Waals surface area contributed by atoms with Crippen molar-refractivity contribution in [3.63, 3.8) is 0 Å². The molecule has 35 heavy (non-hydrogen) atoms. The molecule has 2 heterocycles. The number of nitrogens with one attached hydrogen (secondary N) is 1. The molecule has 2 aromatic carbocycles. The zero-order valence-electron chi connectivity index (χ0n) is 19.0. The van der Waals surface area contributed by atoms with E-state index >= 15 is 0 Å². The van der Waals surface area contributed by atoms with Crippen LogP contribution >= 0.6 is 0 Å². The Balaban J connectivity index is 1.59. The summed E-state index contributed by atoms with van der Waals surface area (Å²) in [5, 5.41) is 0. The van der Waals surface area contributed by atoms with Gasteiger partial charge in [0.15, 0.2) is 5.82 Å². The number of rotatable bonds is 4. The van der Waals surface area contributed by atoms with E-state index in [1.807, 2.05) is 0 Å². The Morgan fingerprint density at radius 1 is 1.17 bits per heavy atom. The first-order valence-electron chi connectivity index (χ1n) is 11.5. The first-order valence-corrected chi connectivity index (χ1v) is 11.5. The van der Waals surface area contributed by atoms with E-state index in [-0.39, 0.29) is 23.6 Å². The molecular weight excluding hydrogens is 465 g/mol. The number of aryl methyl sites for hydroxylation is 1. The van der Waals surface area contributed by atoms with Crippen LogP contribution in [0.25, 0.3) is 0 Å². The third kappa shape index (κ3) is 3.81. The molecule has 1 unspecified atom stereocenters. The zero-order chi connectivity index (χ0) is 25.0. The van der Waals surface area contributed by atoms with Gasteiger partial charge in [-0.3, -0.25) is 4.79 Å². The van der Waals surface area contributed by atoms with E-state index in [4.69, 9.17) is 0 Å². The molecule has 0 radical (unpaired) electrons. The molecule has 1 aliphatic heterocycles. The number of likely N-dealkylation sites (tertiary alicyclic amines) is 1. The second-order valence-electron chi connectivity index (χ2n) is 9.57. The topological polar surface area (TPSA) is 49.0 Å². The van der Waals surface area contributed by atoms with Crippen LogP contribution in [0, 0.1) is 5.82 Å². The van der Waals surface area contributed by atoms with Crippen molar-refractivity contribution < 1.29 is 26.7 Å². The lowest BCUT2D eigenvalue weighted by Gasteiger charge is -2.44. The summed E-state index contributed by atoms with van der Waals surface area (Å²) in [6, 6.07) is 9.99. The van der Waals surface area contributed by atoms with Gasteiger partial charge in [-0.25, -0.2) is 13.8 Å². The Bertz CT molecular complexity index is 1240. The maximum Gasteiger partial charge on any atom is 0.426 e. The average molecular weight is 489 g/mol. The fourth-order valence-electron chi connectivity index (χ4n) is 5.75. The summed E-state index contributed by atoms with van der Waals surface area (Å²) in [6.45, 7) is 0.976. The van der Waals surface area contributed by atoms with Crippen molar-refractivity contribution in [2.75, 3.05) is 6.54 Å². The third-order valence-electron chi connectivity index (χ3n) is 7.61. The number of benzene rings is 2. The highest BCUT2D eigenvalue weighted by atomic mass is 19.4. The molecule has 0 bridgehead atoms. The van der Waals surface area contributed by atoms with Gasteiger partial charge < -0.3 is 9.88 Å². The van der Waals surface area contributed by atoms with Crippen LogP contribution in [-0.4, -0.2) is 39.5 Å². The van der Waals surface area contributed by atoms with Crippen molar-refractivity contribution in [2.24, 2.45) is 0 Å². The van der Waals surface area contributed by atoms with Crippen molar-refractivity contribution in [1.82, 2.24) is 14.9 Å². The number of hydrogen-bond acceptors (Lipinski definition) is 2. The largest absolute Gasteiger partial charge is 0.426 e. The van der Waals surface area contributed by atoms with Crippen molar-refractivity contribution in [2.45, 2.75) is 55.9 Å². The van der Waals surface area contributed by atoms with Crippen LogP contribution < -0.4 is 0 Å². The number of aromatic nitrogens is 2. The molecule has 9 heteroatoms. The molecule has 3 atom stereocenters. The zero-order valence-corrected chi connectivity index (χ0v) is 19.0. The highest BCUT2D eigenvalue weighted by Crippen LogP contribution is 2.51. The summed E-state index contributed by atoms with van der Waals surface area (Å²) in [6.07, 6.45) is -0.000980. The number of alkyl halides is 4. The van der Waals surface area contributed by atoms with Crippen LogP contribution in [0.4, 0.5) is 22.0 Å². The van der Waals surface area contributed by atoms with Crippen LogP contribution in [-0.2, 0) is 23.9 Å². The fourth-order valence-corrected chi connectivity index (χ4v) is 5.75. The Hall–Kier alpha value is -3.23. The summed E-state index contributed by atoms with van der Waals surface area (Å²) in [4.78, 5) is 21.9. The first kappa shape index (κ1) is 23.5. The quantitative estimate of drug-likeness (QED) is 0.483. The maximum absolute atomic E-state index is 14.7. The van der Waals surface area contributed by atoms with Crippen LogP contribution in [0.2, 0.25) is 0 Å². The lowest BCUT2D eigenvalue weighted by Crippen LogP contribution is -2.49. The van der Waals surface area contributed by atoms with Crippen LogP contribution in [0.5, 0.6) is 0 Å². The van der Waals surface area contributed by atoms with Gasteiger partial charge in [-0.2, -0.15) is 13.2 Å². The maximum atomic E-state index is 14.7. The number of carbonyl (C=O) groups is 1. The van der Waals surface area contributed by atoms with Gasteiger partial charge in [0.1, 0.15) is 5.82 Å². The van der Waals surface area contributed by atoms with E-state index in [1.54, 1.807) is 29.3 Å². The molecule has 4 nitrogen and oxygen atoms in total. The highest BCUT2D eigenvalue weighted by molar-refractivity contribution is 5.91. The van der Waals surface area contributed by atoms with E-state index in [0.29, 0.717) is 44.7 Å². The number of hydrogen-bond donors (Lipinski definition) is 1. The second kappa shape index (κ2) is 8.17. The first-order chi connectivity index (χ1) is 16.5. The van der Waals surface area contributed by atoms with Gasteiger partial charge >= 0.3 is 6.18 Å². The number of fused-ring (bicyclic) bond motifs is 3. The van der Waals surface area contributed by atoms with E-state index in [0.717, 1.165) is 11.1 Å². The second-order valence-corrected chi connectivity index (χ2v) is 9.57. The summed E-state index contributed by atoms with van der Waals surface area (Å²) < 4.78 is 68.4. The summed E-state index contributed by atoms with van der Waals surface area (Å²) >= 11 is 0. The fraction of sp³-hybridized carbons (Fsp3) is 0.385. The minimum absolute atomic E-state index is 0.224. The minimum atomic E-state index is -5.04. The standard InChI is InChI=1S/C26H24F5N3O/c1-24(28,26(29,30)31)18-5-8-20-17(14-18)4-9-21-25(20,15-16-2-6-19(27)7-3-16)10-13-34(21)23(35)22-32-11-12-33-22/h2-3,5-8,11-12,14,21H,4,9-10,13,15H2,1H3,(H,32,33)/t21-,24?,25-/m1/s1. The molecular formula is C26H24F5N3O. The number of amides is 1. The highest BCUT2D eigenvalue weighted by Gasteiger charge is 2.55. The summed E-state index contributed by atoms with van der Waals surface area (Å²) in [5.41, 5.74) is -2.18. The number of nitrogens with zero attached hydrogens (tertiary/aromatic N) is 2. The van der Waals surface area contributed by atoms with Gasteiger partial charge in [-0.15, -0.1) is 0 Å². The van der Waals surface area contributed by atoms with Gasteiger partial charge in [0.2, 0.25) is 5.67 Å². The number of halogens is 5. The number of carbonyl (C=O) groups excluding carboxylic acids is 1. The lowest BCUT2D eigenvalue weighted by molar-refractivity contribution is -0.228. The number of H-pyrrole nitrogens is 1. The number of aromatic amines is 1. The normalized spacial score (nSPS) is 23.5. The van der Waals surface area contributed by atoms with Crippen molar-refractivity contribution >= 4 is 5.91 Å². The Labute approximate surface area is 199 Å².